The number of hydrogen-bond donors (Lipinski definition) is 2. The Hall–Kier alpha value is -2.33. The largest absolute Gasteiger partial charge is 0.457 e. The van der Waals surface area contributed by atoms with Crippen molar-refractivity contribution in [1.29, 1.82) is 0 Å². The maximum Gasteiger partial charge on any atom is 0.241 e. The highest BCUT2D eigenvalue weighted by molar-refractivity contribution is 5.94. The molecule has 0 spiro atoms. The van der Waals surface area contributed by atoms with Crippen LogP contribution in [0.4, 0.5) is 5.69 Å². The van der Waals surface area contributed by atoms with Gasteiger partial charge in [0.05, 0.1) is 6.04 Å². The Morgan fingerprint density at radius 1 is 1.00 bits per heavy atom. The van der Waals surface area contributed by atoms with Gasteiger partial charge in [-0.3, -0.25) is 4.79 Å². The lowest BCUT2D eigenvalue weighted by Crippen LogP contribution is -2.42. The molecule has 0 bridgehead atoms. The second-order valence-electron chi connectivity index (χ2n) is 6.30. The summed E-state index contributed by atoms with van der Waals surface area (Å²) in [7, 11) is 0. The Bertz CT molecular complexity index is 649. The molecule has 0 saturated heterocycles. The molecular weight excluding hydrogens is 300 g/mol. The third kappa shape index (κ3) is 4.59. The minimum Gasteiger partial charge on any atom is -0.457 e. The second-order valence-corrected chi connectivity index (χ2v) is 6.30. The van der Waals surface area contributed by atoms with Crippen molar-refractivity contribution in [3.05, 3.63) is 54.6 Å². The molecule has 0 heterocycles. The van der Waals surface area contributed by atoms with Crippen molar-refractivity contribution in [2.45, 2.75) is 44.7 Å². The summed E-state index contributed by atoms with van der Waals surface area (Å²) < 4.78 is 5.75. The molecule has 0 aliphatic heterocycles. The molecule has 4 nitrogen and oxygen atoms in total. The summed E-state index contributed by atoms with van der Waals surface area (Å²) in [5, 5.41) is 6.36. The molecule has 2 N–H and O–H groups in total. The minimum atomic E-state index is -0.187. The van der Waals surface area contributed by atoms with Crippen molar-refractivity contribution in [2.24, 2.45) is 0 Å². The maximum atomic E-state index is 12.3. The zero-order valence-corrected chi connectivity index (χ0v) is 14.0. The first-order valence-electron chi connectivity index (χ1n) is 8.60. The average molecular weight is 324 g/mol. The van der Waals surface area contributed by atoms with Gasteiger partial charge in [-0.2, -0.15) is 0 Å². The fourth-order valence-corrected chi connectivity index (χ4v) is 3.00. The van der Waals surface area contributed by atoms with Crippen molar-refractivity contribution < 1.29 is 9.53 Å². The lowest BCUT2D eigenvalue weighted by Gasteiger charge is -2.18. The predicted molar refractivity (Wildman–Crippen MR) is 96.4 cm³/mol. The molecule has 24 heavy (non-hydrogen) atoms. The molecule has 2 aromatic rings. The molecule has 1 aliphatic carbocycles. The summed E-state index contributed by atoms with van der Waals surface area (Å²) in [6, 6.07) is 17.4. The third-order valence-corrected chi connectivity index (χ3v) is 4.33. The molecule has 1 amide bonds. The summed E-state index contributed by atoms with van der Waals surface area (Å²) in [6.45, 7) is 1.92. The number of rotatable bonds is 6. The van der Waals surface area contributed by atoms with Crippen LogP contribution < -0.4 is 15.4 Å². The molecule has 1 saturated carbocycles. The minimum absolute atomic E-state index is 0.00127. The molecule has 1 atom stereocenters. The molecule has 126 valence electrons. The SMILES string of the molecule is C[C@@H](NC1CCCC1)C(=O)Nc1ccc(Oc2ccccc2)cc1. The Morgan fingerprint density at radius 2 is 1.62 bits per heavy atom. The quantitative estimate of drug-likeness (QED) is 0.831. The normalized spacial score (nSPS) is 15.9. The molecule has 0 unspecified atom stereocenters. The number of hydrogen-bond acceptors (Lipinski definition) is 3. The number of para-hydroxylation sites is 1. The Kier molecular flexibility index (Phi) is 5.49. The highest BCUT2D eigenvalue weighted by atomic mass is 16.5. The van der Waals surface area contributed by atoms with E-state index >= 15 is 0 Å². The van der Waals surface area contributed by atoms with Crippen molar-refractivity contribution in [3.8, 4) is 11.5 Å². The van der Waals surface area contributed by atoms with E-state index in [0.717, 1.165) is 17.2 Å². The summed E-state index contributed by atoms with van der Waals surface area (Å²) in [6.07, 6.45) is 4.86. The maximum absolute atomic E-state index is 12.3. The van der Waals surface area contributed by atoms with Crippen LogP contribution in [0.3, 0.4) is 0 Å². The van der Waals surface area contributed by atoms with Gasteiger partial charge in [-0.25, -0.2) is 0 Å². The highest BCUT2D eigenvalue weighted by Crippen LogP contribution is 2.23. The summed E-state index contributed by atoms with van der Waals surface area (Å²) in [5.41, 5.74) is 0.778. The first-order chi connectivity index (χ1) is 11.7. The van der Waals surface area contributed by atoms with Crippen LogP contribution in [0.2, 0.25) is 0 Å². The number of benzene rings is 2. The monoisotopic (exact) mass is 324 g/mol. The Balaban J connectivity index is 1.52. The van der Waals surface area contributed by atoms with Crippen LogP contribution in [-0.4, -0.2) is 18.0 Å². The highest BCUT2D eigenvalue weighted by Gasteiger charge is 2.20. The van der Waals surface area contributed by atoms with Crippen LogP contribution in [0.15, 0.2) is 54.6 Å². The predicted octanol–water partition coefficient (Wildman–Crippen LogP) is 4.34. The topological polar surface area (TPSA) is 50.4 Å². The molecule has 3 rings (SSSR count). The van der Waals surface area contributed by atoms with E-state index in [4.69, 9.17) is 4.74 Å². The van der Waals surface area contributed by atoms with Crippen LogP contribution in [0, 0.1) is 0 Å². The van der Waals surface area contributed by atoms with Crippen molar-refractivity contribution in [2.75, 3.05) is 5.32 Å². The molecule has 0 aromatic heterocycles. The van der Waals surface area contributed by atoms with Crippen molar-refractivity contribution >= 4 is 11.6 Å². The zero-order valence-electron chi connectivity index (χ0n) is 14.0. The van der Waals surface area contributed by atoms with E-state index in [1.807, 2.05) is 61.5 Å². The fourth-order valence-electron chi connectivity index (χ4n) is 3.00. The summed E-state index contributed by atoms with van der Waals surface area (Å²) in [5.74, 6) is 1.54. The first kappa shape index (κ1) is 16.5. The number of carbonyl (C=O) groups is 1. The van der Waals surface area contributed by atoms with Crippen LogP contribution >= 0.6 is 0 Å². The molecule has 1 aliphatic rings. The van der Waals surface area contributed by atoms with Gasteiger partial charge in [-0.1, -0.05) is 31.0 Å². The van der Waals surface area contributed by atoms with Gasteiger partial charge in [-0.05, 0) is 56.2 Å². The van der Waals surface area contributed by atoms with Crippen molar-refractivity contribution in [1.82, 2.24) is 5.32 Å². The number of amides is 1. The van der Waals surface area contributed by atoms with Gasteiger partial charge in [0, 0.05) is 11.7 Å². The van der Waals surface area contributed by atoms with Gasteiger partial charge in [0.15, 0.2) is 0 Å². The molecular formula is C20H24N2O2. The molecule has 4 heteroatoms. The van der Waals surface area contributed by atoms with Crippen LogP contribution in [0.25, 0.3) is 0 Å². The fraction of sp³-hybridized carbons (Fsp3) is 0.350. The van der Waals surface area contributed by atoms with E-state index in [9.17, 15) is 4.79 Å². The van der Waals surface area contributed by atoms with E-state index in [2.05, 4.69) is 10.6 Å². The van der Waals surface area contributed by atoms with Gasteiger partial charge in [0.1, 0.15) is 11.5 Å². The summed E-state index contributed by atoms with van der Waals surface area (Å²) in [4.78, 5) is 12.3. The van der Waals surface area contributed by atoms with Gasteiger partial charge in [0.25, 0.3) is 0 Å². The van der Waals surface area contributed by atoms with E-state index in [-0.39, 0.29) is 11.9 Å². The van der Waals surface area contributed by atoms with E-state index in [1.165, 1.54) is 25.7 Å². The lowest BCUT2D eigenvalue weighted by atomic mass is 10.2. The molecule has 0 radical (unpaired) electrons. The number of carbonyl (C=O) groups excluding carboxylic acids is 1. The van der Waals surface area contributed by atoms with Crippen molar-refractivity contribution in [3.63, 3.8) is 0 Å². The van der Waals surface area contributed by atoms with E-state index in [1.54, 1.807) is 0 Å². The standard InChI is InChI=1S/C20H24N2O2/c1-15(21-16-7-5-6-8-16)20(23)22-17-11-13-19(14-12-17)24-18-9-3-2-4-10-18/h2-4,9-16,21H,5-8H2,1H3,(H,22,23)/t15-/m1/s1. The second kappa shape index (κ2) is 7.97. The molecule has 2 aromatic carbocycles. The van der Waals surface area contributed by atoms with Gasteiger partial charge < -0.3 is 15.4 Å². The average Bonchev–Trinajstić information content (AvgIpc) is 3.10. The lowest BCUT2D eigenvalue weighted by molar-refractivity contribution is -0.117. The van der Waals surface area contributed by atoms with Crippen LogP contribution in [0.1, 0.15) is 32.6 Å². The van der Waals surface area contributed by atoms with E-state index in [0.29, 0.717) is 6.04 Å². The third-order valence-electron chi connectivity index (χ3n) is 4.33. The smallest absolute Gasteiger partial charge is 0.241 e. The van der Waals surface area contributed by atoms with Gasteiger partial charge in [0.2, 0.25) is 5.91 Å². The van der Waals surface area contributed by atoms with Crippen LogP contribution in [0.5, 0.6) is 11.5 Å². The number of ether oxygens (including phenoxy) is 1. The number of nitrogens with one attached hydrogen (secondary N) is 2. The van der Waals surface area contributed by atoms with Gasteiger partial charge in [-0.15, -0.1) is 0 Å². The Labute approximate surface area is 143 Å². The van der Waals surface area contributed by atoms with Gasteiger partial charge >= 0.3 is 0 Å². The van der Waals surface area contributed by atoms with Crippen LogP contribution in [-0.2, 0) is 4.79 Å². The Morgan fingerprint density at radius 3 is 2.29 bits per heavy atom. The number of anilines is 1. The van der Waals surface area contributed by atoms with E-state index < -0.39 is 0 Å². The first-order valence-corrected chi connectivity index (χ1v) is 8.60. The zero-order chi connectivity index (χ0) is 16.8. The molecule has 1 fully saturated rings. The summed E-state index contributed by atoms with van der Waals surface area (Å²) >= 11 is 0.